The highest BCUT2D eigenvalue weighted by molar-refractivity contribution is 5.97. The zero-order valence-corrected chi connectivity index (χ0v) is 14.5. The second-order valence-corrected chi connectivity index (χ2v) is 6.74. The van der Waals surface area contributed by atoms with Gasteiger partial charge < -0.3 is 15.1 Å². The lowest BCUT2D eigenvalue weighted by molar-refractivity contribution is -1.01. The van der Waals surface area contributed by atoms with E-state index in [2.05, 4.69) is 30.6 Å². The van der Waals surface area contributed by atoms with E-state index >= 15 is 0 Å². The monoisotopic (exact) mass is 325 g/mol. The number of benzene rings is 2. The number of amides is 1. The molecule has 0 radical (unpaired) electrons. The number of quaternary nitrogens is 2. The van der Waals surface area contributed by atoms with Gasteiger partial charge in [0.25, 0.3) is 5.91 Å². The van der Waals surface area contributed by atoms with E-state index < -0.39 is 0 Å². The SMILES string of the molecule is C[C@@H](C(=O)Nc1ccccc1-c1ccccc1)[NH+]1CC[NH+](C)CC1. The second-order valence-electron chi connectivity index (χ2n) is 6.74. The maximum atomic E-state index is 12.7. The predicted molar refractivity (Wildman–Crippen MR) is 97.3 cm³/mol. The van der Waals surface area contributed by atoms with Crippen LogP contribution in [-0.4, -0.2) is 45.2 Å². The van der Waals surface area contributed by atoms with Crippen molar-refractivity contribution in [2.24, 2.45) is 0 Å². The maximum absolute atomic E-state index is 12.7. The molecular formula is C20H27N3O+2. The third kappa shape index (κ3) is 3.83. The summed E-state index contributed by atoms with van der Waals surface area (Å²) in [6.45, 7) is 6.42. The van der Waals surface area contributed by atoms with E-state index in [-0.39, 0.29) is 11.9 Å². The molecule has 2 aromatic carbocycles. The van der Waals surface area contributed by atoms with Gasteiger partial charge >= 0.3 is 0 Å². The van der Waals surface area contributed by atoms with Crippen LogP contribution in [0.4, 0.5) is 5.69 Å². The summed E-state index contributed by atoms with van der Waals surface area (Å²) in [5.74, 6) is 0.105. The molecule has 1 heterocycles. The molecule has 1 saturated heterocycles. The van der Waals surface area contributed by atoms with Gasteiger partial charge in [-0.25, -0.2) is 0 Å². The standard InChI is InChI=1S/C20H25N3O/c1-16(23-14-12-22(2)13-15-23)20(24)21-19-11-7-6-10-18(19)17-8-4-3-5-9-17/h3-11,16H,12-15H2,1-2H3,(H,21,24)/p+2/t16-/m0/s1. The molecule has 3 N–H and O–H groups in total. The van der Waals surface area contributed by atoms with Crippen LogP contribution in [-0.2, 0) is 4.79 Å². The lowest BCUT2D eigenvalue weighted by Gasteiger charge is -2.31. The van der Waals surface area contributed by atoms with Crippen molar-refractivity contribution < 1.29 is 14.6 Å². The number of rotatable bonds is 4. The smallest absolute Gasteiger partial charge is 0.282 e. The highest BCUT2D eigenvalue weighted by Crippen LogP contribution is 2.27. The first kappa shape index (κ1) is 16.7. The first-order valence-corrected chi connectivity index (χ1v) is 8.76. The molecule has 4 heteroatoms. The largest absolute Gasteiger partial charge is 0.328 e. The molecule has 2 aromatic rings. The van der Waals surface area contributed by atoms with Gasteiger partial charge in [0.2, 0.25) is 0 Å². The Morgan fingerprint density at radius 1 is 0.958 bits per heavy atom. The lowest BCUT2D eigenvalue weighted by Crippen LogP contribution is -3.29. The van der Waals surface area contributed by atoms with E-state index in [1.54, 1.807) is 4.90 Å². The Morgan fingerprint density at radius 2 is 1.58 bits per heavy atom. The molecule has 4 nitrogen and oxygen atoms in total. The molecule has 24 heavy (non-hydrogen) atoms. The van der Waals surface area contributed by atoms with Crippen molar-refractivity contribution in [1.29, 1.82) is 0 Å². The minimum Gasteiger partial charge on any atom is -0.328 e. The minimum absolute atomic E-state index is 0.0260. The van der Waals surface area contributed by atoms with Crippen molar-refractivity contribution >= 4 is 11.6 Å². The van der Waals surface area contributed by atoms with E-state index in [1.165, 1.54) is 4.90 Å². The third-order valence-electron chi connectivity index (χ3n) is 5.02. The summed E-state index contributed by atoms with van der Waals surface area (Å²) in [4.78, 5) is 15.7. The summed E-state index contributed by atoms with van der Waals surface area (Å²) in [5.41, 5.74) is 3.08. The van der Waals surface area contributed by atoms with Crippen LogP contribution >= 0.6 is 0 Å². The molecule has 0 unspecified atom stereocenters. The van der Waals surface area contributed by atoms with Crippen LogP contribution in [0.1, 0.15) is 6.92 Å². The molecule has 126 valence electrons. The summed E-state index contributed by atoms with van der Waals surface area (Å²) in [7, 11) is 2.22. The first-order valence-electron chi connectivity index (χ1n) is 8.76. The quantitative estimate of drug-likeness (QED) is 0.733. The van der Waals surface area contributed by atoms with E-state index in [0.717, 1.165) is 43.0 Å². The summed E-state index contributed by atoms with van der Waals surface area (Å²) < 4.78 is 0. The van der Waals surface area contributed by atoms with E-state index in [4.69, 9.17) is 0 Å². The molecule has 3 rings (SSSR count). The molecule has 0 bridgehead atoms. The number of piperazine rings is 1. The molecule has 1 atom stereocenters. The molecule has 1 fully saturated rings. The van der Waals surface area contributed by atoms with Gasteiger partial charge in [-0.1, -0.05) is 48.5 Å². The highest BCUT2D eigenvalue weighted by Gasteiger charge is 2.29. The highest BCUT2D eigenvalue weighted by atomic mass is 16.2. The lowest BCUT2D eigenvalue weighted by atomic mass is 10.0. The van der Waals surface area contributed by atoms with Gasteiger partial charge in [-0.2, -0.15) is 0 Å². The molecule has 0 spiro atoms. The fourth-order valence-corrected chi connectivity index (χ4v) is 3.32. The predicted octanol–water partition coefficient (Wildman–Crippen LogP) is 0.0938. The summed E-state index contributed by atoms with van der Waals surface area (Å²) in [5, 5.41) is 3.15. The molecule has 0 aliphatic carbocycles. The zero-order valence-electron chi connectivity index (χ0n) is 14.5. The Morgan fingerprint density at radius 3 is 2.29 bits per heavy atom. The number of likely N-dealkylation sites (N-methyl/N-ethyl adjacent to an activating group) is 1. The van der Waals surface area contributed by atoms with Crippen LogP contribution in [0.2, 0.25) is 0 Å². The number of para-hydroxylation sites is 1. The van der Waals surface area contributed by atoms with Crippen molar-refractivity contribution in [2.75, 3.05) is 38.5 Å². The van der Waals surface area contributed by atoms with Crippen LogP contribution in [0.15, 0.2) is 54.6 Å². The van der Waals surface area contributed by atoms with Crippen LogP contribution < -0.4 is 15.1 Å². The van der Waals surface area contributed by atoms with Gasteiger partial charge in [0.15, 0.2) is 6.04 Å². The van der Waals surface area contributed by atoms with Gasteiger partial charge in [-0.15, -0.1) is 0 Å². The Kier molecular flexibility index (Phi) is 5.28. The minimum atomic E-state index is -0.0260. The topological polar surface area (TPSA) is 38.0 Å². The summed E-state index contributed by atoms with van der Waals surface area (Å²) in [6.07, 6.45) is 0. The van der Waals surface area contributed by atoms with Crippen molar-refractivity contribution in [3.05, 3.63) is 54.6 Å². The number of carbonyl (C=O) groups excluding carboxylic acids is 1. The maximum Gasteiger partial charge on any atom is 0.282 e. The molecule has 1 aliphatic rings. The first-order chi connectivity index (χ1) is 11.6. The Labute approximate surface area is 144 Å². The van der Waals surface area contributed by atoms with Gasteiger partial charge in [-0.3, -0.25) is 4.79 Å². The number of hydrogen-bond donors (Lipinski definition) is 3. The molecule has 0 aromatic heterocycles. The molecule has 1 amide bonds. The third-order valence-corrected chi connectivity index (χ3v) is 5.02. The van der Waals surface area contributed by atoms with Gasteiger partial charge in [0.1, 0.15) is 26.2 Å². The molecular weight excluding hydrogens is 298 g/mol. The van der Waals surface area contributed by atoms with Gasteiger partial charge in [0.05, 0.1) is 7.05 Å². The second kappa shape index (κ2) is 7.60. The van der Waals surface area contributed by atoms with Crippen LogP contribution in [0.5, 0.6) is 0 Å². The van der Waals surface area contributed by atoms with Crippen molar-refractivity contribution in [3.63, 3.8) is 0 Å². The van der Waals surface area contributed by atoms with Crippen molar-refractivity contribution in [1.82, 2.24) is 0 Å². The average molecular weight is 325 g/mol. The van der Waals surface area contributed by atoms with E-state index in [1.807, 2.05) is 43.3 Å². The normalized spacial score (nSPS) is 21.9. The summed E-state index contributed by atoms with van der Waals surface area (Å²) in [6, 6.07) is 18.2. The van der Waals surface area contributed by atoms with Crippen LogP contribution in [0, 0.1) is 0 Å². The van der Waals surface area contributed by atoms with Gasteiger partial charge in [-0.05, 0) is 18.6 Å². The molecule has 0 saturated carbocycles. The zero-order chi connectivity index (χ0) is 16.9. The van der Waals surface area contributed by atoms with Crippen molar-refractivity contribution in [3.8, 4) is 11.1 Å². The Bertz CT molecular complexity index is 678. The molecule has 1 aliphatic heterocycles. The van der Waals surface area contributed by atoms with E-state index in [9.17, 15) is 4.79 Å². The Balaban J connectivity index is 1.73. The van der Waals surface area contributed by atoms with Gasteiger partial charge in [0, 0.05) is 11.3 Å². The van der Waals surface area contributed by atoms with E-state index in [0.29, 0.717) is 0 Å². The average Bonchev–Trinajstić information content (AvgIpc) is 2.63. The summed E-state index contributed by atoms with van der Waals surface area (Å²) >= 11 is 0. The number of nitrogens with one attached hydrogen (secondary N) is 3. The van der Waals surface area contributed by atoms with Crippen LogP contribution in [0.3, 0.4) is 0 Å². The fraction of sp³-hybridized carbons (Fsp3) is 0.350. The number of carbonyl (C=O) groups is 1. The Hall–Kier alpha value is -2.17. The van der Waals surface area contributed by atoms with Crippen LogP contribution in [0.25, 0.3) is 11.1 Å². The number of anilines is 1. The van der Waals surface area contributed by atoms with Crippen molar-refractivity contribution in [2.45, 2.75) is 13.0 Å². The number of hydrogen-bond acceptors (Lipinski definition) is 1. The fourth-order valence-electron chi connectivity index (χ4n) is 3.32.